The third kappa shape index (κ3) is 3.47. The maximum atomic E-state index is 14.0. The fourth-order valence-electron chi connectivity index (χ4n) is 3.62. The van der Waals surface area contributed by atoms with Crippen LogP contribution in [-0.4, -0.2) is 29.9 Å². The first-order valence-corrected chi connectivity index (χ1v) is 8.98. The van der Waals surface area contributed by atoms with Gasteiger partial charge in [0.15, 0.2) is 0 Å². The molecule has 0 radical (unpaired) electrons. The van der Waals surface area contributed by atoms with E-state index in [2.05, 4.69) is 26.6 Å². The molecule has 1 atom stereocenters. The molecule has 130 valence electrons. The number of nitrogens with one attached hydrogen (secondary N) is 2. The van der Waals surface area contributed by atoms with Crippen LogP contribution in [0.25, 0.3) is 0 Å². The normalized spacial score (nSPS) is 26.8. The lowest BCUT2D eigenvalue weighted by atomic mass is 9.71. The lowest BCUT2D eigenvalue weighted by molar-refractivity contribution is -0.134. The van der Waals surface area contributed by atoms with Gasteiger partial charge in [-0.2, -0.15) is 0 Å². The summed E-state index contributed by atoms with van der Waals surface area (Å²) in [4.78, 5) is 24.5. The van der Waals surface area contributed by atoms with Gasteiger partial charge in [0.05, 0.1) is 5.54 Å². The third-order valence-corrected chi connectivity index (χ3v) is 5.70. The second-order valence-corrected chi connectivity index (χ2v) is 7.69. The Bertz CT molecular complexity index is 645. The number of hydrogen-bond donors (Lipinski definition) is 3. The van der Waals surface area contributed by atoms with Gasteiger partial charge in [0.1, 0.15) is 11.9 Å². The van der Waals surface area contributed by atoms with Crippen LogP contribution in [0, 0.1) is 11.7 Å². The molecule has 1 aliphatic carbocycles. The van der Waals surface area contributed by atoms with Crippen LogP contribution in [0.2, 0.25) is 0 Å². The van der Waals surface area contributed by atoms with E-state index in [0.29, 0.717) is 16.0 Å². The van der Waals surface area contributed by atoms with E-state index in [0.717, 1.165) is 32.2 Å². The number of amides is 2. The molecule has 5 nitrogen and oxygen atoms in total. The summed E-state index contributed by atoms with van der Waals surface area (Å²) in [5.74, 6) is -0.656. The minimum atomic E-state index is -0.927. The molecule has 7 heteroatoms. The fourth-order valence-corrected chi connectivity index (χ4v) is 3.96. The molecule has 1 saturated carbocycles. The molecule has 2 saturated heterocycles. The van der Waals surface area contributed by atoms with Gasteiger partial charge < -0.3 is 16.4 Å². The van der Waals surface area contributed by atoms with Gasteiger partial charge >= 0.3 is 0 Å². The maximum absolute atomic E-state index is 14.0. The second kappa shape index (κ2) is 6.80. The smallest absolute Gasteiger partial charge is 0.240 e. The molecule has 2 amide bonds. The zero-order chi connectivity index (χ0) is 17.3. The average molecular weight is 398 g/mol. The molecule has 2 bridgehead atoms. The SMILES string of the molecule is NC(=O)[C@H](Cc1ccc(Br)cc1F)NC(=O)C12CCC(CC1)CN2. The van der Waals surface area contributed by atoms with Crippen molar-refractivity contribution in [3.05, 3.63) is 34.1 Å². The van der Waals surface area contributed by atoms with E-state index in [4.69, 9.17) is 5.73 Å². The van der Waals surface area contributed by atoms with Crippen LogP contribution in [0.4, 0.5) is 4.39 Å². The van der Waals surface area contributed by atoms with Gasteiger partial charge in [-0.3, -0.25) is 9.59 Å². The lowest BCUT2D eigenvalue weighted by Gasteiger charge is -2.46. The molecule has 4 N–H and O–H groups in total. The highest BCUT2D eigenvalue weighted by molar-refractivity contribution is 9.10. The van der Waals surface area contributed by atoms with E-state index in [1.807, 2.05) is 0 Å². The van der Waals surface area contributed by atoms with E-state index in [1.54, 1.807) is 12.1 Å². The highest BCUT2D eigenvalue weighted by Crippen LogP contribution is 2.37. The van der Waals surface area contributed by atoms with Crippen LogP contribution in [0.5, 0.6) is 0 Å². The number of carbonyl (C=O) groups excluding carboxylic acids is 2. The van der Waals surface area contributed by atoms with Crippen molar-refractivity contribution in [1.29, 1.82) is 0 Å². The Kier molecular flexibility index (Phi) is 4.92. The first-order chi connectivity index (χ1) is 11.4. The first kappa shape index (κ1) is 17.4. The van der Waals surface area contributed by atoms with Crippen LogP contribution in [0.1, 0.15) is 31.2 Å². The van der Waals surface area contributed by atoms with Crippen molar-refractivity contribution < 1.29 is 14.0 Å². The minimum Gasteiger partial charge on any atom is -0.368 e. The monoisotopic (exact) mass is 397 g/mol. The van der Waals surface area contributed by atoms with Crippen molar-refractivity contribution in [2.24, 2.45) is 11.7 Å². The maximum Gasteiger partial charge on any atom is 0.240 e. The van der Waals surface area contributed by atoms with E-state index in [9.17, 15) is 14.0 Å². The Morgan fingerprint density at radius 3 is 2.67 bits per heavy atom. The van der Waals surface area contributed by atoms with Crippen molar-refractivity contribution in [2.75, 3.05) is 6.54 Å². The summed E-state index contributed by atoms with van der Waals surface area (Å²) in [7, 11) is 0. The van der Waals surface area contributed by atoms with Crippen molar-refractivity contribution in [2.45, 2.75) is 43.7 Å². The summed E-state index contributed by atoms with van der Waals surface area (Å²) in [5, 5.41) is 6.05. The van der Waals surface area contributed by atoms with E-state index >= 15 is 0 Å². The fraction of sp³-hybridized carbons (Fsp3) is 0.529. The first-order valence-electron chi connectivity index (χ1n) is 8.19. The van der Waals surface area contributed by atoms with Crippen LogP contribution in [0.3, 0.4) is 0 Å². The van der Waals surface area contributed by atoms with Gasteiger partial charge in [-0.05, 0) is 55.8 Å². The molecule has 24 heavy (non-hydrogen) atoms. The molecule has 4 rings (SSSR count). The zero-order valence-electron chi connectivity index (χ0n) is 13.3. The number of fused-ring (bicyclic) bond motifs is 3. The Morgan fingerprint density at radius 1 is 1.42 bits per heavy atom. The average Bonchev–Trinajstić information content (AvgIpc) is 2.58. The number of primary amides is 1. The van der Waals surface area contributed by atoms with Gasteiger partial charge in [0.2, 0.25) is 11.8 Å². The predicted octanol–water partition coefficient (Wildman–Crippen LogP) is 1.63. The number of piperidine rings is 2. The van der Waals surface area contributed by atoms with Gasteiger partial charge in [-0.1, -0.05) is 22.0 Å². The van der Waals surface area contributed by atoms with Crippen LogP contribution >= 0.6 is 15.9 Å². The molecular weight excluding hydrogens is 377 g/mol. The molecule has 0 unspecified atom stereocenters. The van der Waals surface area contributed by atoms with Crippen molar-refractivity contribution in [3.63, 3.8) is 0 Å². The molecule has 0 spiro atoms. The van der Waals surface area contributed by atoms with E-state index in [-0.39, 0.29) is 12.3 Å². The van der Waals surface area contributed by atoms with Gasteiger partial charge in [-0.25, -0.2) is 4.39 Å². The van der Waals surface area contributed by atoms with E-state index < -0.39 is 23.3 Å². The van der Waals surface area contributed by atoms with Crippen molar-refractivity contribution >= 4 is 27.7 Å². The Hall–Kier alpha value is -1.47. The van der Waals surface area contributed by atoms with Crippen LogP contribution in [0.15, 0.2) is 22.7 Å². The summed E-state index contributed by atoms with van der Waals surface area (Å²) in [6.07, 6.45) is 3.61. The Labute approximate surface area is 148 Å². The van der Waals surface area contributed by atoms with Crippen molar-refractivity contribution in [1.82, 2.24) is 10.6 Å². The number of hydrogen-bond acceptors (Lipinski definition) is 3. The molecule has 1 aromatic carbocycles. The summed E-state index contributed by atoms with van der Waals surface area (Å²) in [5.41, 5.74) is 5.17. The van der Waals surface area contributed by atoms with Gasteiger partial charge in [-0.15, -0.1) is 0 Å². The number of rotatable bonds is 5. The molecule has 3 aliphatic rings. The van der Waals surface area contributed by atoms with Crippen molar-refractivity contribution in [3.8, 4) is 0 Å². The molecule has 3 fully saturated rings. The summed E-state index contributed by atoms with van der Waals surface area (Å²) >= 11 is 3.20. The molecular formula is C17H21BrFN3O2. The number of nitrogens with two attached hydrogens (primary N) is 1. The Morgan fingerprint density at radius 2 is 2.12 bits per heavy atom. The molecule has 0 aromatic heterocycles. The Balaban J connectivity index is 1.72. The summed E-state index contributed by atoms with van der Waals surface area (Å²) in [6, 6.07) is 3.69. The van der Waals surface area contributed by atoms with Gasteiger partial charge in [0.25, 0.3) is 0 Å². The zero-order valence-corrected chi connectivity index (χ0v) is 14.9. The predicted molar refractivity (Wildman–Crippen MR) is 91.6 cm³/mol. The van der Waals surface area contributed by atoms with E-state index in [1.165, 1.54) is 6.07 Å². The third-order valence-electron chi connectivity index (χ3n) is 5.21. The second-order valence-electron chi connectivity index (χ2n) is 6.77. The highest BCUT2D eigenvalue weighted by Gasteiger charge is 2.46. The number of benzene rings is 1. The standard InChI is InChI=1S/C17H21BrFN3O2/c18-12-2-1-11(13(19)8-12)7-14(15(20)23)22-16(24)17-5-3-10(4-6-17)9-21-17/h1-2,8,10,14,21H,3-7,9H2,(H2,20,23)(H,22,24)/t10?,14-,17?/m0/s1. The molecule has 1 aromatic rings. The number of carbonyl (C=O) groups is 2. The summed E-state index contributed by atoms with van der Waals surface area (Å²) in [6.45, 7) is 0.829. The van der Waals surface area contributed by atoms with Gasteiger partial charge in [0, 0.05) is 10.9 Å². The molecule has 2 aliphatic heterocycles. The summed E-state index contributed by atoms with van der Waals surface area (Å²) < 4.78 is 14.6. The highest BCUT2D eigenvalue weighted by atomic mass is 79.9. The topological polar surface area (TPSA) is 84.2 Å². The largest absolute Gasteiger partial charge is 0.368 e. The quantitative estimate of drug-likeness (QED) is 0.705. The molecule has 2 heterocycles. The van der Waals surface area contributed by atoms with Crippen LogP contribution < -0.4 is 16.4 Å². The lowest BCUT2D eigenvalue weighted by Crippen LogP contribution is -2.65. The number of halogens is 2. The van der Waals surface area contributed by atoms with Crippen LogP contribution in [-0.2, 0) is 16.0 Å². The minimum absolute atomic E-state index is 0.0406.